The zero-order valence-corrected chi connectivity index (χ0v) is 9.97. The van der Waals surface area contributed by atoms with Gasteiger partial charge in [-0.3, -0.25) is 4.79 Å². The number of aliphatic carboxylic acids is 1. The number of hydrogen-bond donors (Lipinski definition) is 1. The maximum absolute atomic E-state index is 13.6. The third-order valence-corrected chi connectivity index (χ3v) is 3.00. The van der Waals surface area contributed by atoms with Crippen molar-refractivity contribution in [3.8, 4) is 0 Å². The van der Waals surface area contributed by atoms with E-state index < -0.39 is 23.5 Å². The van der Waals surface area contributed by atoms with Crippen LogP contribution in [0, 0.1) is 11.6 Å². The van der Waals surface area contributed by atoms with Crippen LogP contribution in [0.2, 0.25) is 0 Å². The molecule has 5 nitrogen and oxygen atoms in total. The first-order valence-electron chi connectivity index (χ1n) is 5.71. The smallest absolute Gasteiger partial charge is 0.394 e. The molecule has 19 heavy (non-hydrogen) atoms. The van der Waals surface area contributed by atoms with Gasteiger partial charge in [0.05, 0.1) is 5.69 Å². The highest BCUT2D eigenvalue weighted by atomic mass is 19.1. The maximum Gasteiger partial charge on any atom is 0.394 e. The Kier molecular flexibility index (Phi) is 3.64. The van der Waals surface area contributed by atoms with E-state index in [2.05, 4.69) is 0 Å². The highest BCUT2D eigenvalue weighted by Crippen LogP contribution is 2.21. The molecule has 0 bridgehead atoms. The van der Waals surface area contributed by atoms with E-state index in [0.29, 0.717) is 13.1 Å². The molecule has 1 fully saturated rings. The standard InChI is InChI=1S/C12H12F2N2O3/c13-8-1-2-10(9(14)7-8)15-3-5-16(6-4-15)11(17)12(18)19/h1-2,7H,3-6H2,(H,18,19). The van der Waals surface area contributed by atoms with Gasteiger partial charge in [0.15, 0.2) is 0 Å². The minimum atomic E-state index is -1.50. The van der Waals surface area contributed by atoms with Crippen LogP contribution in [0.5, 0.6) is 0 Å². The third-order valence-electron chi connectivity index (χ3n) is 3.00. The molecule has 1 aromatic carbocycles. The van der Waals surface area contributed by atoms with Crippen LogP contribution in [-0.4, -0.2) is 48.1 Å². The number of carboxylic acid groups (broad SMARTS) is 1. The molecular formula is C12H12F2N2O3. The van der Waals surface area contributed by atoms with Crippen molar-refractivity contribution in [2.75, 3.05) is 31.1 Å². The molecule has 0 spiro atoms. The van der Waals surface area contributed by atoms with Crippen molar-refractivity contribution in [2.24, 2.45) is 0 Å². The lowest BCUT2D eigenvalue weighted by Crippen LogP contribution is -2.50. The molecule has 102 valence electrons. The minimum Gasteiger partial charge on any atom is -0.474 e. The molecule has 7 heteroatoms. The summed E-state index contributed by atoms with van der Waals surface area (Å²) in [5.41, 5.74) is 0.254. The van der Waals surface area contributed by atoms with E-state index in [1.165, 1.54) is 11.0 Å². The van der Waals surface area contributed by atoms with Crippen LogP contribution in [0.4, 0.5) is 14.5 Å². The predicted octanol–water partition coefficient (Wildman–Crippen LogP) is 0.698. The zero-order valence-electron chi connectivity index (χ0n) is 9.97. The number of benzene rings is 1. The number of amides is 1. The number of carbonyl (C=O) groups excluding carboxylic acids is 1. The van der Waals surface area contributed by atoms with Crippen LogP contribution in [0.15, 0.2) is 18.2 Å². The van der Waals surface area contributed by atoms with E-state index in [4.69, 9.17) is 5.11 Å². The Bertz CT molecular complexity index is 514. The molecule has 1 aliphatic rings. The monoisotopic (exact) mass is 270 g/mol. The second kappa shape index (κ2) is 5.21. The molecule has 0 unspecified atom stereocenters. The molecule has 1 amide bonds. The highest BCUT2D eigenvalue weighted by Gasteiger charge is 2.26. The summed E-state index contributed by atoms with van der Waals surface area (Å²) in [5.74, 6) is -3.78. The van der Waals surface area contributed by atoms with Gasteiger partial charge < -0.3 is 14.9 Å². The van der Waals surface area contributed by atoms with Gasteiger partial charge in [-0.2, -0.15) is 0 Å². The highest BCUT2D eigenvalue weighted by molar-refractivity contribution is 6.31. The molecular weight excluding hydrogens is 258 g/mol. The number of carboxylic acids is 1. The van der Waals surface area contributed by atoms with Gasteiger partial charge in [-0.15, -0.1) is 0 Å². The van der Waals surface area contributed by atoms with E-state index in [1.54, 1.807) is 4.90 Å². The first-order valence-corrected chi connectivity index (χ1v) is 5.71. The Hall–Kier alpha value is -2.18. The quantitative estimate of drug-likeness (QED) is 0.763. The lowest BCUT2D eigenvalue weighted by molar-refractivity contribution is -0.156. The van der Waals surface area contributed by atoms with Gasteiger partial charge in [-0.05, 0) is 12.1 Å². The van der Waals surface area contributed by atoms with Crippen molar-refractivity contribution in [3.63, 3.8) is 0 Å². The molecule has 0 aromatic heterocycles. The van der Waals surface area contributed by atoms with Crippen molar-refractivity contribution in [2.45, 2.75) is 0 Å². The van der Waals surface area contributed by atoms with Crippen LogP contribution in [0.25, 0.3) is 0 Å². The number of anilines is 1. The van der Waals surface area contributed by atoms with Gasteiger partial charge in [-0.1, -0.05) is 0 Å². The topological polar surface area (TPSA) is 60.9 Å². The number of carbonyl (C=O) groups is 2. The Morgan fingerprint density at radius 2 is 1.74 bits per heavy atom. The Labute approximate surface area is 108 Å². The molecule has 1 saturated heterocycles. The number of rotatable bonds is 1. The molecule has 0 aliphatic carbocycles. The Balaban J connectivity index is 2.04. The molecule has 1 aliphatic heterocycles. The summed E-state index contributed by atoms with van der Waals surface area (Å²) in [7, 11) is 0. The normalized spacial score (nSPS) is 15.5. The summed E-state index contributed by atoms with van der Waals surface area (Å²) in [6.07, 6.45) is 0. The Morgan fingerprint density at radius 1 is 1.11 bits per heavy atom. The van der Waals surface area contributed by atoms with Gasteiger partial charge >= 0.3 is 11.9 Å². The van der Waals surface area contributed by atoms with Crippen molar-refractivity contribution in [1.29, 1.82) is 0 Å². The van der Waals surface area contributed by atoms with Gasteiger partial charge in [0.25, 0.3) is 0 Å². The number of piperazine rings is 1. The van der Waals surface area contributed by atoms with Crippen molar-refractivity contribution in [1.82, 2.24) is 4.90 Å². The summed E-state index contributed by atoms with van der Waals surface area (Å²) in [6.45, 7) is 1.01. The summed E-state index contributed by atoms with van der Waals surface area (Å²) in [5, 5.41) is 8.59. The maximum atomic E-state index is 13.6. The van der Waals surface area contributed by atoms with Gasteiger partial charge in [0.1, 0.15) is 11.6 Å². The average Bonchev–Trinajstić information content (AvgIpc) is 2.38. The summed E-state index contributed by atoms with van der Waals surface area (Å²) >= 11 is 0. The van der Waals surface area contributed by atoms with Crippen LogP contribution in [0.1, 0.15) is 0 Å². The minimum absolute atomic E-state index is 0.196. The molecule has 0 saturated carbocycles. The fourth-order valence-electron chi connectivity index (χ4n) is 2.02. The largest absolute Gasteiger partial charge is 0.474 e. The van der Waals surface area contributed by atoms with Crippen LogP contribution >= 0.6 is 0 Å². The Morgan fingerprint density at radius 3 is 2.26 bits per heavy atom. The number of hydrogen-bond acceptors (Lipinski definition) is 3. The van der Waals surface area contributed by atoms with Crippen molar-refractivity contribution >= 4 is 17.6 Å². The summed E-state index contributed by atoms with van der Waals surface area (Å²) in [4.78, 5) is 24.6. The van der Waals surface area contributed by atoms with Crippen LogP contribution in [0.3, 0.4) is 0 Å². The van der Waals surface area contributed by atoms with Crippen LogP contribution < -0.4 is 4.90 Å². The van der Waals surface area contributed by atoms with E-state index in [9.17, 15) is 18.4 Å². The number of halogens is 2. The zero-order chi connectivity index (χ0) is 14.0. The predicted molar refractivity (Wildman–Crippen MR) is 62.8 cm³/mol. The molecule has 0 radical (unpaired) electrons. The van der Waals surface area contributed by atoms with E-state index in [1.807, 2.05) is 0 Å². The SMILES string of the molecule is O=C(O)C(=O)N1CCN(c2ccc(F)cc2F)CC1. The third kappa shape index (κ3) is 2.81. The molecule has 1 aromatic rings. The molecule has 0 atom stereocenters. The summed E-state index contributed by atoms with van der Waals surface area (Å²) < 4.78 is 26.4. The fourth-order valence-corrected chi connectivity index (χ4v) is 2.02. The molecule has 1 heterocycles. The van der Waals surface area contributed by atoms with Crippen LogP contribution in [-0.2, 0) is 9.59 Å². The van der Waals surface area contributed by atoms with Crippen molar-refractivity contribution in [3.05, 3.63) is 29.8 Å². The molecule has 2 rings (SSSR count). The van der Waals surface area contributed by atoms with E-state index in [-0.39, 0.29) is 18.8 Å². The number of nitrogens with zero attached hydrogens (tertiary/aromatic N) is 2. The second-order valence-corrected chi connectivity index (χ2v) is 4.18. The second-order valence-electron chi connectivity index (χ2n) is 4.18. The van der Waals surface area contributed by atoms with E-state index in [0.717, 1.165) is 12.1 Å². The van der Waals surface area contributed by atoms with Gasteiger partial charge in [0, 0.05) is 32.2 Å². The van der Waals surface area contributed by atoms with Gasteiger partial charge in [0.2, 0.25) is 0 Å². The first kappa shape index (κ1) is 13.3. The summed E-state index contributed by atoms with van der Waals surface area (Å²) in [6, 6.07) is 3.29. The lowest BCUT2D eigenvalue weighted by Gasteiger charge is -2.35. The fraction of sp³-hybridized carbons (Fsp3) is 0.333. The average molecular weight is 270 g/mol. The lowest BCUT2D eigenvalue weighted by atomic mass is 10.2. The van der Waals surface area contributed by atoms with Crippen molar-refractivity contribution < 1.29 is 23.5 Å². The first-order chi connectivity index (χ1) is 8.99. The van der Waals surface area contributed by atoms with E-state index >= 15 is 0 Å². The molecule has 1 N–H and O–H groups in total. The van der Waals surface area contributed by atoms with Gasteiger partial charge in [-0.25, -0.2) is 13.6 Å².